The fourth-order valence-corrected chi connectivity index (χ4v) is 3.61. The summed E-state index contributed by atoms with van der Waals surface area (Å²) in [5.41, 5.74) is 2.95. The van der Waals surface area contributed by atoms with E-state index in [4.69, 9.17) is 11.6 Å². The van der Waals surface area contributed by atoms with Crippen molar-refractivity contribution in [3.05, 3.63) is 77.8 Å². The summed E-state index contributed by atoms with van der Waals surface area (Å²) in [6, 6.07) is 21.5. The summed E-state index contributed by atoms with van der Waals surface area (Å²) < 4.78 is 34.3. The third kappa shape index (κ3) is 3.91. The Morgan fingerprint density at radius 2 is 1.25 bits per heavy atom. The van der Waals surface area contributed by atoms with E-state index in [1.54, 1.807) is 6.07 Å². The Hall–Kier alpha value is -1.14. The second-order valence-electron chi connectivity index (χ2n) is 4.99. The fourth-order valence-electron chi connectivity index (χ4n) is 2.50. The van der Waals surface area contributed by atoms with Crippen molar-refractivity contribution in [3.63, 3.8) is 0 Å². The van der Waals surface area contributed by atoms with Crippen molar-refractivity contribution in [1.29, 1.82) is 0 Å². The predicted octanol–water partition coefficient (Wildman–Crippen LogP) is 1.58. The molecule has 116 valence electrons. The SMILES string of the molecule is O=S(=O)([O-])c1ccc(-c2ccccc2)c(-c2ccccc2)c1Cl.[Na+]. The van der Waals surface area contributed by atoms with E-state index < -0.39 is 15.0 Å². The Kier molecular flexibility index (Phi) is 6.26. The van der Waals surface area contributed by atoms with Gasteiger partial charge in [-0.1, -0.05) is 78.3 Å². The summed E-state index contributed by atoms with van der Waals surface area (Å²) in [6.07, 6.45) is 0. The number of rotatable bonds is 3. The molecule has 0 radical (unpaired) electrons. The minimum atomic E-state index is -4.64. The third-order valence-corrected chi connectivity index (χ3v) is 4.91. The number of halogens is 1. The van der Waals surface area contributed by atoms with Gasteiger partial charge in [0, 0.05) is 5.56 Å². The van der Waals surface area contributed by atoms with Crippen LogP contribution in [0.15, 0.2) is 77.7 Å². The van der Waals surface area contributed by atoms with E-state index in [0.717, 1.165) is 16.7 Å². The topological polar surface area (TPSA) is 57.2 Å². The van der Waals surface area contributed by atoms with Crippen LogP contribution in [0.4, 0.5) is 0 Å². The number of hydrogen-bond donors (Lipinski definition) is 0. The first-order valence-electron chi connectivity index (χ1n) is 6.88. The Morgan fingerprint density at radius 3 is 1.75 bits per heavy atom. The molecule has 0 heterocycles. The van der Waals surface area contributed by atoms with E-state index in [1.807, 2.05) is 60.7 Å². The second kappa shape index (κ2) is 7.83. The number of benzene rings is 3. The van der Waals surface area contributed by atoms with Gasteiger partial charge in [-0.05, 0) is 22.8 Å². The van der Waals surface area contributed by atoms with Gasteiger partial charge < -0.3 is 4.55 Å². The fraction of sp³-hybridized carbons (Fsp3) is 0. The van der Waals surface area contributed by atoms with Crippen LogP contribution >= 0.6 is 11.6 Å². The van der Waals surface area contributed by atoms with Crippen LogP contribution in [0.3, 0.4) is 0 Å². The predicted molar refractivity (Wildman–Crippen MR) is 90.3 cm³/mol. The van der Waals surface area contributed by atoms with Crippen LogP contribution in [0.1, 0.15) is 0 Å². The van der Waals surface area contributed by atoms with E-state index in [2.05, 4.69) is 0 Å². The molecule has 0 saturated carbocycles. The molecule has 0 N–H and O–H groups in total. The van der Waals surface area contributed by atoms with Gasteiger partial charge in [-0.2, -0.15) is 0 Å². The van der Waals surface area contributed by atoms with E-state index in [-0.39, 0.29) is 34.6 Å². The van der Waals surface area contributed by atoms with Crippen LogP contribution in [0, 0.1) is 0 Å². The van der Waals surface area contributed by atoms with Crippen LogP contribution < -0.4 is 29.6 Å². The number of hydrogen-bond acceptors (Lipinski definition) is 3. The van der Waals surface area contributed by atoms with Crippen molar-refractivity contribution in [3.8, 4) is 22.3 Å². The smallest absolute Gasteiger partial charge is 0.744 e. The third-order valence-electron chi connectivity index (χ3n) is 3.52. The largest absolute Gasteiger partial charge is 1.00 e. The van der Waals surface area contributed by atoms with Crippen LogP contribution in [0.2, 0.25) is 5.02 Å². The molecule has 0 bridgehead atoms. The molecule has 0 atom stereocenters. The molecule has 3 nitrogen and oxygen atoms in total. The summed E-state index contributed by atoms with van der Waals surface area (Å²) in [6.45, 7) is 0. The molecule has 24 heavy (non-hydrogen) atoms. The Balaban J connectivity index is 0.00000208. The van der Waals surface area contributed by atoms with E-state index in [1.165, 1.54) is 6.07 Å². The van der Waals surface area contributed by atoms with Gasteiger partial charge in [-0.3, -0.25) is 0 Å². The Labute approximate surface area is 168 Å². The molecular weight excluding hydrogens is 355 g/mol. The molecule has 3 aromatic carbocycles. The maximum Gasteiger partial charge on any atom is 1.00 e. The molecule has 6 heteroatoms. The first-order valence-corrected chi connectivity index (χ1v) is 8.66. The van der Waals surface area contributed by atoms with E-state index >= 15 is 0 Å². The van der Waals surface area contributed by atoms with Crippen molar-refractivity contribution >= 4 is 21.7 Å². The van der Waals surface area contributed by atoms with Gasteiger partial charge in [0.25, 0.3) is 0 Å². The Morgan fingerprint density at radius 1 is 0.750 bits per heavy atom. The van der Waals surface area contributed by atoms with E-state index in [0.29, 0.717) is 5.56 Å². The van der Waals surface area contributed by atoms with Crippen LogP contribution in [-0.2, 0) is 10.1 Å². The van der Waals surface area contributed by atoms with Crippen molar-refractivity contribution in [2.75, 3.05) is 0 Å². The molecule has 0 aromatic heterocycles. The van der Waals surface area contributed by atoms with Gasteiger partial charge in [0.05, 0.1) is 9.92 Å². The van der Waals surface area contributed by atoms with Gasteiger partial charge in [-0.15, -0.1) is 0 Å². The minimum absolute atomic E-state index is 0. The van der Waals surface area contributed by atoms with Crippen LogP contribution in [0.25, 0.3) is 22.3 Å². The van der Waals surface area contributed by atoms with Crippen LogP contribution in [0.5, 0.6) is 0 Å². The summed E-state index contributed by atoms with van der Waals surface area (Å²) in [5.74, 6) is 0. The zero-order valence-corrected chi connectivity index (χ0v) is 16.5. The molecule has 0 fully saturated rings. The molecule has 0 aliphatic rings. The maximum atomic E-state index is 11.4. The summed E-state index contributed by atoms with van der Waals surface area (Å²) in [7, 11) is -4.64. The summed E-state index contributed by atoms with van der Waals surface area (Å²) in [4.78, 5) is -0.405. The maximum absolute atomic E-state index is 11.4. The van der Waals surface area contributed by atoms with Crippen molar-refractivity contribution in [2.45, 2.75) is 4.90 Å². The first kappa shape index (κ1) is 19.2. The minimum Gasteiger partial charge on any atom is -0.744 e. The monoisotopic (exact) mass is 366 g/mol. The van der Waals surface area contributed by atoms with Crippen molar-refractivity contribution < 1.29 is 42.5 Å². The van der Waals surface area contributed by atoms with Gasteiger partial charge in [0.2, 0.25) is 0 Å². The molecule has 0 amide bonds. The van der Waals surface area contributed by atoms with Gasteiger partial charge in [0.1, 0.15) is 10.1 Å². The molecule has 0 unspecified atom stereocenters. The molecule has 3 aromatic rings. The first-order chi connectivity index (χ1) is 11.0. The average Bonchev–Trinajstić information content (AvgIpc) is 2.55. The quantitative estimate of drug-likeness (QED) is 0.522. The van der Waals surface area contributed by atoms with Gasteiger partial charge in [0.15, 0.2) is 0 Å². The molecule has 0 spiro atoms. The van der Waals surface area contributed by atoms with Gasteiger partial charge in [-0.25, -0.2) is 8.42 Å². The Bertz CT molecular complexity index is 943. The molecule has 0 saturated heterocycles. The molecule has 0 aliphatic carbocycles. The van der Waals surface area contributed by atoms with Crippen molar-refractivity contribution in [2.24, 2.45) is 0 Å². The summed E-state index contributed by atoms with van der Waals surface area (Å²) in [5, 5.41) is -0.0486. The standard InChI is InChI=1S/C18H13ClO3S.Na/c19-18-16(23(20,21)22)12-11-15(13-7-3-1-4-8-13)17(18)14-9-5-2-6-10-14;/h1-12H,(H,20,21,22);/q;+1/p-1. The summed E-state index contributed by atoms with van der Waals surface area (Å²) >= 11 is 6.30. The second-order valence-corrected chi connectivity index (χ2v) is 6.71. The van der Waals surface area contributed by atoms with E-state index in [9.17, 15) is 13.0 Å². The zero-order valence-electron chi connectivity index (χ0n) is 12.9. The normalized spacial score (nSPS) is 10.9. The van der Waals surface area contributed by atoms with Gasteiger partial charge >= 0.3 is 29.6 Å². The molecular formula is C18H12ClNaO3S. The molecule has 0 aliphatic heterocycles. The van der Waals surface area contributed by atoms with Crippen LogP contribution in [-0.4, -0.2) is 13.0 Å². The zero-order chi connectivity index (χ0) is 16.4. The average molecular weight is 367 g/mol. The van der Waals surface area contributed by atoms with Crippen molar-refractivity contribution in [1.82, 2.24) is 0 Å². The molecule has 3 rings (SSSR count).